The second-order valence-corrected chi connectivity index (χ2v) is 11.8. The molecule has 0 atom stereocenters. The molecule has 0 unspecified atom stereocenters. The molecule has 7 rings (SSSR count). The van der Waals surface area contributed by atoms with Crippen molar-refractivity contribution in [2.24, 2.45) is 0 Å². The SMILES string of the molecule is C.C.C.C.C.C.C.C.C=C1CC(=C)C(=C2Cc3ccccc3C2)C(=C)C1.C=C1Cc2ccccc2CC(=C)C1=C1Cc2ccccc2C1.CC.CC.CC. The number of fused-ring (bicyclic) bond motifs is 3. The van der Waals surface area contributed by atoms with Crippen molar-refractivity contribution in [1.82, 2.24) is 0 Å². The lowest BCUT2D eigenvalue weighted by atomic mass is 9.81. The Balaban J connectivity index is -0.000000167. The molecule has 0 N–H and O–H groups in total. The van der Waals surface area contributed by atoms with E-state index >= 15 is 0 Å². The van der Waals surface area contributed by atoms with Gasteiger partial charge in [-0.15, -0.1) is 0 Å². The van der Waals surface area contributed by atoms with Gasteiger partial charge in [0.2, 0.25) is 0 Å². The van der Waals surface area contributed by atoms with Gasteiger partial charge in [-0.1, -0.05) is 223 Å². The highest BCUT2D eigenvalue weighted by atomic mass is 14.3. The van der Waals surface area contributed by atoms with Gasteiger partial charge in [0, 0.05) is 0 Å². The maximum atomic E-state index is 4.39. The fourth-order valence-corrected chi connectivity index (χ4v) is 7.08. The highest BCUT2D eigenvalue weighted by Crippen LogP contribution is 2.40. The van der Waals surface area contributed by atoms with Crippen LogP contribution in [0.1, 0.15) is 147 Å². The van der Waals surface area contributed by atoms with E-state index in [0.29, 0.717) is 0 Å². The second kappa shape index (κ2) is 30.2. The van der Waals surface area contributed by atoms with E-state index in [1.165, 1.54) is 83.5 Å². The Morgan fingerprint density at radius 3 is 0.704 bits per heavy atom. The molecule has 0 aromatic heterocycles. The van der Waals surface area contributed by atoms with Crippen molar-refractivity contribution in [2.45, 2.75) is 152 Å². The molecular formula is C54H88. The minimum Gasteiger partial charge on any atom is -0.0992 e. The first-order valence-corrected chi connectivity index (χ1v) is 17.4. The summed E-state index contributed by atoms with van der Waals surface area (Å²) in [7, 11) is 0. The van der Waals surface area contributed by atoms with Crippen molar-refractivity contribution in [3.05, 3.63) is 189 Å². The predicted octanol–water partition coefficient (Wildman–Crippen LogP) is 17.7. The van der Waals surface area contributed by atoms with E-state index in [9.17, 15) is 0 Å². The van der Waals surface area contributed by atoms with Crippen LogP contribution in [0, 0.1) is 0 Å². The number of allylic oxidation sites excluding steroid dienone is 9. The summed E-state index contributed by atoms with van der Waals surface area (Å²) in [6.45, 7) is 33.3. The average Bonchev–Trinajstić information content (AvgIpc) is 3.66. The fraction of sp³-hybridized carbons (Fsp3) is 0.407. The summed E-state index contributed by atoms with van der Waals surface area (Å²) in [4.78, 5) is 0. The monoisotopic (exact) mass is 737 g/mol. The number of rotatable bonds is 0. The zero-order chi connectivity index (χ0) is 33.8. The fourth-order valence-electron chi connectivity index (χ4n) is 7.08. The molecular weight excluding hydrogens is 649 g/mol. The number of hydrogen-bond donors (Lipinski definition) is 0. The summed E-state index contributed by atoms with van der Waals surface area (Å²) in [5.41, 5.74) is 20.5. The first-order chi connectivity index (χ1) is 22.4. The van der Waals surface area contributed by atoms with Gasteiger partial charge in [-0.3, -0.25) is 0 Å². The summed E-state index contributed by atoms with van der Waals surface area (Å²) in [6.07, 6.45) is 8.02. The van der Waals surface area contributed by atoms with Gasteiger partial charge in [0.05, 0.1) is 0 Å². The molecule has 0 saturated heterocycles. The lowest BCUT2D eigenvalue weighted by Gasteiger charge is -2.24. The normalized spacial score (nSPS) is 13.9. The van der Waals surface area contributed by atoms with Crippen LogP contribution in [0.15, 0.2) is 156 Å². The Morgan fingerprint density at radius 1 is 0.296 bits per heavy atom. The summed E-state index contributed by atoms with van der Waals surface area (Å²) in [5, 5.41) is 0. The molecule has 0 aliphatic heterocycles. The van der Waals surface area contributed by atoms with Crippen LogP contribution in [-0.4, -0.2) is 0 Å². The van der Waals surface area contributed by atoms with Crippen molar-refractivity contribution < 1.29 is 0 Å². The molecule has 54 heavy (non-hydrogen) atoms. The third-order valence-corrected chi connectivity index (χ3v) is 8.83. The zero-order valence-electron chi connectivity index (χ0n) is 29.6. The van der Waals surface area contributed by atoms with Crippen LogP contribution < -0.4 is 0 Å². The Hall–Kier alpha value is -4.16. The van der Waals surface area contributed by atoms with E-state index in [-0.39, 0.29) is 59.4 Å². The van der Waals surface area contributed by atoms with E-state index in [2.05, 4.69) is 106 Å². The lowest BCUT2D eigenvalue weighted by Crippen LogP contribution is -2.06. The summed E-state index contributed by atoms with van der Waals surface area (Å²) >= 11 is 0. The highest BCUT2D eigenvalue weighted by Gasteiger charge is 2.25. The van der Waals surface area contributed by atoms with Gasteiger partial charge in [-0.05, 0) is 118 Å². The Morgan fingerprint density at radius 2 is 0.481 bits per heavy atom. The molecule has 4 aliphatic rings. The molecule has 304 valence electrons. The van der Waals surface area contributed by atoms with Crippen LogP contribution in [-0.2, 0) is 38.5 Å². The number of benzene rings is 3. The highest BCUT2D eigenvalue weighted by molar-refractivity contribution is 5.59. The van der Waals surface area contributed by atoms with Crippen LogP contribution in [0.3, 0.4) is 0 Å². The van der Waals surface area contributed by atoms with E-state index in [1.807, 2.05) is 41.5 Å². The number of hydrogen-bond acceptors (Lipinski definition) is 0. The molecule has 0 heteroatoms. The Kier molecular flexibility index (Phi) is 34.6. The van der Waals surface area contributed by atoms with Gasteiger partial charge in [0.1, 0.15) is 0 Å². The smallest absolute Gasteiger partial charge is 0.00228 e. The summed E-state index contributed by atoms with van der Waals surface area (Å²) in [5.74, 6) is 0. The topological polar surface area (TPSA) is 0 Å². The molecule has 0 amide bonds. The molecule has 1 saturated carbocycles. The van der Waals surface area contributed by atoms with E-state index < -0.39 is 0 Å². The van der Waals surface area contributed by atoms with E-state index in [4.69, 9.17) is 0 Å². The molecule has 0 heterocycles. The van der Waals surface area contributed by atoms with Crippen molar-refractivity contribution in [1.29, 1.82) is 0 Å². The maximum Gasteiger partial charge on any atom is -0.00228 e. The molecule has 0 spiro atoms. The first kappa shape index (κ1) is 61.9. The average molecular weight is 737 g/mol. The molecule has 4 aliphatic carbocycles. The molecule has 0 radical (unpaired) electrons. The van der Waals surface area contributed by atoms with E-state index in [1.54, 1.807) is 0 Å². The van der Waals surface area contributed by atoms with Gasteiger partial charge in [-0.2, -0.15) is 0 Å². The van der Waals surface area contributed by atoms with Gasteiger partial charge in [0.25, 0.3) is 0 Å². The van der Waals surface area contributed by atoms with Gasteiger partial charge in [0.15, 0.2) is 0 Å². The van der Waals surface area contributed by atoms with Gasteiger partial charge in [-0.25, -0.2) is 0 Å². The Labute approximate surface area is 340 Å². The van der Waals surface area contributed by atoms with Crippen LogP contribution in [0.2, 0.25) is 0 Å². The molecule has 0 nitrogen and oxygen atoms in total. The Bertz CT molecular complexity index is 1550. The van der Waals surface area contributed by atoms with Gasteiger partial charge >= 0.3 is 0 Å². The molecule has 3 aromatic rings. The van der Waals surface area contributed by atoms with Crippen molar-refractivity contribution in [3.63, 3.8) is 0 Å². The molecule has 1 fully saturated rings. The lowest BCUT2D eigenvalue weighted by molar-refractivity contribution is 0.944. The first-order valence-electron chi connectivity index (χ1n) is 17.4. The zero-order valence-corrected chi connectivity index (χ0v) is 29.6. The predicted molar refractivity (Wildman–Crippen MR) is 258 cm³/mol. The molecule has 3 aromatic carbocycles. The van der Waals surface area contributed by atoms with Crippen LogP contribution in [0.25, 0.3) is 0 Å². The van der Waals surface area contributed by atoms with Crippen LogP contribution >= 0.6 is 0 Å². The van der Waals surface area contributed by atoms with Crippen molar-refractivity contribution >= 4 is 0 Å². The van der Waals surface area contributed by atoms with Crippen molar-refractivity contribution in [2.75, 3.05) is 0 Å². The summed E-state index contributed by atoms with van der Waals surface area (Å²) in [6, 6.07) is 26.2. The van der Waals surface area contributed by atoms with Crippen LogP contribution in [0.4, 0.5) is 0 Å². The summed E-state index contributed by atoms with van der Waals surface area (Å²) < 4.78 is 0. The third-order valence-electron chi connectivity index (χ3n) is 8.83. The third kappa shape index (κ3) is 14.6. The minimum atomic E-state index is 0. The minimum absolute atomic E-state index is 0. The quantitative estimate of drug-likeness (QED) is 0.159. The van der Waals surface area contributed by atoms with Gasteiger partial charge < -0.3 is 0 Å². The second-order valence-electron chi connectivity index (χ2n) is 11.8. The van der Waals surface area contributed by atoms with E-state index in [0.717, 1.165) is 51.4 Å². The standard InChI is InChI=1S/C22H20.C18H18.3C2H6.8CH4/c1-15-11-17-7-3-4-8-18(17)12-16(2)22(15)21-13-19-9-5-6-10-20(19)14-21;1-12-8-13(2)18(14(3)9-12)17-10-15-6-4-5-7-16(15)11-17;3*1-2;;;;;;;;/h3-10H,1-2,11-14H2;4-7H,1-3,8-11H2;3*1-2H3;8*1H4. The molecule has 0 bridgehead atoms. The van der Waals surface area contributed by atoms with Crippen molar-refractivity contribution in [3.8, 4) is 0 Å². The maximum absolute atomic E-state index is 4.39. The largest absolute Gasteiger partial charge is 0.0992 e. The van der Waals surface area contributed by atoms with Crippen LogP contribution in [0.5, 0.6) is 0 Å².